The Bertz CT molecular complexity index is 764. The molecule has 1 saturated carbocycles. The second kappa shape index (κ2) is 9.91. The smallest absolute Gasteiger partial charge is 0.311 e. The highest BCUT2D eigenvalue weighted by Crippen LogP contribution is 2.30. The summed E-state index contributed by atoms with van der Waals surface area (Å²) in [5.74, 6) is 1.52. The number of aromatic nitrogens is 1. The van der Waals surface area contributed by atoms with E-state index in [1.165, 1.54) is 32.1 Å². The van der Waals surface area contributed by atoms with Crippen molar-refractivity contribution in [2.75, 3.05) is 7.11 Å². The Labute approximate surface area is 161 Å². The van der Waals surface area contributed by atoms with Crippen LogP contribution < -0.4 is 9.47 Å². The molecular formula is C23H27NO3. The maximum absolute atomic E-state index is 12.2. The average molecular weight is 365 g/mol. The molecule has 0 bridgehead atoms. The molecule has 0 spiro atoms. The van der Waals surface area contributed by atoms with Gasteiger partial charge in [-0.1, -0.05) is 50.3 Å². The Morgan fingerprint density at radius 1 is 1.11 bits per heavy atom. The van der Waals surface area contributed by atoms with Crippen molar-refractivity contribution in [2.45, 2.75) is 44.9 Å². The van der Waals surface area contributed by atoms with E-state index < -0.39 is 0 Å². The highest BCUT2D eigenvalue weighted by molar-refractivity contribution is 5.74. The van der Waals surface area contributed by atoms with E-state index in [4.69, 9.17) is 9.47 Å². The molecule has 1 aromatic heterocycles. The number of esters is 1. The van der Waals surface area contributed by atoms with E-state index in [0.717, 1.165) is 17.7 Å². The lowest BCUT2D eigenvalue weighted by atomic mass is 9.86. The van der Waals surface area contributed by atoms with E-state index >= 15 is 0 Å². The van der Waals surface area contributed by atoms with Crippen LogP contribution in [0.4, 0.5) is 0 Å². The lowest BCUT2D eigenvalue weighted by Crippen LogP contribution is -2.13. The fourth-order valence-electron chi connectivity index (χ4n) is 3.50. The van der Waals surface area contributed by atoms with E-state index in [1.807, 2.05) is 42.5 Å². The van der Waals surface area contributed by atoms with Crippen LogP contribution in [0.2, 0.25) is 0 Å². The summed E-state index contributed by atoms with van der Waals surface area (Å²) in [5, 5.41) is 0. The predicted octanol–water partition coefficient (Wildman–Crippen LogP) is 5.53. The van der Waals surface area contributed by atoms with Crippen molar-refractivity contribution in [3.05, 3.63) is 53.9 Å². The van der Waals surface area contributed by atoms with Gasteiger partial charge in [-0.2, -0.15) is 0 Å². The van der Waals surface area contributed by atoms with Crippen LogP contribution in [0.3, 0.4) is 0 Å². The van der Waals surface area contributed by atoms with Gasteiger partial charge in [0.2, 0.25) is 0 Å². The van der Waals surface area contributed by atoms with Crippen molar-refractivity contribution in [1.82, 2.24) is 4.98 Å². The maximum Gasteiger partial charge on any atom is 0.311 e. The van der Waals surface area contributed by atoms with Crippen LogP contribution in [0.1, 0.15) is 56.2 Å². The summed E-state index contributed by atoms with van der Waals surface area (Å²) in [7, 11) is 1.58. The fourth-order valence-corrected chi connectivity index (χ4v) is 3.50. The molecule has 0 unspecified atom stereocenters. The second-order valence-electron chi connectivity index (χ2n) is 7.02. The highest BCUT2D eigenvalue weighted by atomic mass is 16.6. The monoisotopic (exact) mass is 365 g/mol. The molecule has 27 heavy (non-hydrogen) atoms. The number of carbonyl (C=O) groups excluding carboxylic acids is 1. The number of carbonyl (C=O) groups is 1. The van der Waals surface area contributed by atoms with Crippen molar-refractivity contribution in [2.24, 2.45) is 5.92 Å². The first-order valence-corrected chi connectivity index (χ1v) is 9.72. The number of pyridine rings is 1. The summed E-state index contributed by atoms with van der Waals surface area (Å²) in [5.41, 5.74) is 1.84. The number of ether oxygens (including phenoxy) is 2. The molecular weight excluding hydrogens is 338 g/mol. The second-order valence-corrected chi connectivity index (χ2v) is 7.02. The molecule has 2 aromatic rings. The standard InChI is InChI=1S/C23H27NO3/c1-26-22-17-19(10-13-20-9-5-6-16-24-20)11-14-21(22)27-23(25)15-12-18-7-3-2-4-8-18/h5-6,9-11,13-14,16-18H,2-4,7-8,12,15H2,1H3/b13-10+. The topological polar surface area (TPSA) is 48.4 Å². The molecule has 1 aliphatic carbocycles. The molecule has 4 heteroatoms. The van der Waals surface area contributed by atoms with E-state index in [-0.39, 0.29) is 5.97 Å². The Morgan fingerprint density at radius 3 is 2.70 bits per heavy atom. The zero-order valence-electron chi connectivity index (χ0n) is 15.9. The van der Waals surface area contributed by atoms with Crippen LogP contribution in [0.5, 0.6) is 11.5 Å². The Hall–Kier alpha value is -2.62. The first kappa shape index (κ1) is 19.2. The molecule has 1 fully saturated rings. The largest absolute Gasteiger partial charge is 0.493 e. The van der Waals surface area contributed by atoms with Crippen molar-refractivity contribution in [1.29, 1.82) is 0 Å². The number of benzene rings is 1. The Kier molecular flexibility index (Phi) is 7.03. The first-order valence-electron chi connectivity index (χ1n) is 9.72. The van der Waals surface area contributed by atoms with E-state index in [1.54, 1.807) is 19.4 Å². The number of rotatable bonds is 7. The zero-order valence-corrected chi connectivity index (χ0v) is 15.9. The normalized spacial score (nSPS) is 15.0. The van der Waals surface area contributed by atoms with Gasteiger partial charge in [-0.15, -0.1) is 0 Å². The van der Waals surface area contributed by atoms with Crippen LogP contribution in [0.15, 0.2) is 42.6 Å². The van der Waals surface area contributed by atoms with E-state index in [0.29, 0.717) is 23.8 Å². The quantitative estimate of drug-likeness (QED) is 0.478. The number of methoxy groups -OCH3 is 1. The summed E-state index contributed by atoms with van der Waals surface area (Å²) < 4.78 is 11.0. The minimum Gasteiger partial charge on any atom is -0.493 e. The van der Waals surface area contributed by atoms with Crippen molar-refractivity contribution < 1.29 is 14.3 Å². The maximum atomic E-state index is 12.2. The van der Waals surface area contributed by atoms with Gasteiger partial charge < -0.3 is 9.47 Å². The Morgan fingerprint density at radius 2 is 1.96 bits per heavy atom. The van der Waals surface area contributed by atoms with Gasteiger partial charge in [0.05, 0.1) is 12.8 Å². The number of nitrogens with zero attached hydrogens (tertiary/aromatic N) is 1. The minimum absolute atomic E-state index is 0.185. The minimum atomic E-state index is -0.185. The molecule has 1 heterocycles. The molecule has 1 aliphatic rings. The van der Waals surface area contributed by atoms with E-state index in [9.17, 15) is 4.79 Å². The SMILES string of the molecule is COc1cc(/C=C/c2ccccn2)ccc1OC(=O)CCC1CCCCC1. The summed E-state index contributed by atoms with van der Waals surface area (Å²) in [4.78, 5) is 16.5. The summed E-state index contributed by atoms with van der Waals surface area (Å²) in [6.45, 7) is 0. The molecule has 0 saturated heterocycles. The molecule has 0 aliphatic heterocycles. The van der Waals surface area contributed by atoms with Gasteiger partial charge in [0.15, 0.2) is 11.5 Å². The lowest BCUT2D eigenvalue weighted by molar-refractivity contribution is -0.134. The van der Waals surface area contributed by atoms with Crippen LogP contribution in [-0.4, -0.2) is 18.1 Å². The summed E-state index contributed by atoms with van der Waals surface area (Å²) >= 11 is 0. The third-order valence-electron chi connectivity index (χ3n) is 5.03. The van der Waals surface area contributed by atoms with Gasteiger partial charge in [-0.3, -0.25) is 9.78 Å². The molecule has 1 aromatic carbocycles. The predicted molar refractivity (Wildman–Crippen MR) is 108 cm³/mol. The van der Waals surface area contributed by atoms with Gasteiger partial charge in [0, 0.05) is 12.6 Å². The van der Waals surface area contributed by atoms with Crippen LogP contribution in [-0.2, 0) is 4.79 Å². The van der Waals surface area contributed by atoms with Gasteiger partial charge in [-0.05, 0) is 48.2 Å². The molecule has 3 rings (SSSR count). The van der Waals surface area contributed by atoms with Crippen LogP contribution in [0, 0.1) is 5.92 Å². The molecule has 0 radical (unpaired) electrons. The summed E-state index contributed by atoms with van der Waals surface area (Å²) in [6, 6.07) is 11.3. The Balaban J connectivity index is 1.58. The highest BCUT2D eigenvalue weighted by Gasteiger charge is 2.16. The van der Waals surface area contributed by atoms with Crippen LogP contribution >= 0.6 is 0 Å². The number of hydrogen-bond donors (Lipinski definition) is 0. The van der Waals surface area contributed by atoms with Crippen LogP contribution in [0.25, 0.3) is 12.2 Å². The van der Waals surface area contributed by atoms with Crippen molar-refractivity contribution >= 4 is 18.1 Å². The van der Waals surface area contributed by atoms with Gasteiger partial charge >= 0.3 is 5.97 Å². The third kappa shape index (κ3) is 5.95. The molecule has 142 valence electrons. The van der Waals surface area contributed by atoms with Gasteiger partial charge in [-0.25, -0.2) is 0 Å². The van der Waals surface area contributed by atoms with Gasteiger partial charge in [0.25, 0.3) is 0 Å². The van der Waals surface area contributed by atoms with E-state index in [2.05, 4.69) is 4.98 Å². The molecule has 0 atom stereocenters. The van der Waals surface area contributed by atoms with Gasteiger partial charge in [0.1, 0.15) is 0 Å². The molecule has 0 amide bonds. The average Bonchev–Trinajstić information content (AvgIpc) is 2.73. The fraction of sp³-hybridized carbons (Fsp3) is 0.391. The summed E-state index contributed by atoms with van der Waals surface area (Å²) in [6.07, 6.45) is 13.4. The molecule has 4 nitrogen and oxygen atoms in total. The van der Waals surface area contributed by atoms with Crippen molar-refractivity contribution in [3.63, 3.8) is 0 Å². The zero-order chi connectivity index (χ0) is 18.9. The first-order chi connectivity index (χ1) is 13.2. The number of hydrogen-bond acceptors (Lipinski definition) is 4. The molecule has 0 N–H and O–H groups in total. The lowest BCUT2D eigenvalue weighted by Gasteiger charge is -2.20. The third-order valence-corrected chi connectivity index (χ3v) is 5.03. The van der Waals surface area contributed by atoms with Crippen molar-refractivity contribution in [3.8, 4) is 11.5 Å².